The molecule has 0 saturated heterocycles. The summed E-state index contributed by atoms with van der Waals surface area (Å²) in [6.07, 6.45) is 5.10. The zero-order valence-electron chi connectivity index (χ0n) is 9.45. The molecule has 3 aromatic rings. The van der Waals surface area contributed by atoms with Crippen LogP contribution in [0.25, 0.3) is 11.1 Å². The Kier molecular flexibility index (Phi) is 2.71. The molecule has 88 valence electrons. The number of rotatable bonds is 3. The predicted octanol–water partition coefficient (Wildman–Crippen LogP) is 2.67. The molecule has 0 atom stereocenters. The summed E-state index contributed by atoms with van der Waals surface area (Å²) in [5.41, 5.74) is 5.25. The van der Waals surface area contributed by atoms with Crippen molar-refractivity contribution in [3.8, 4) is 0 Å². The van der Waals surface area contributed by atoms with Gasteiger partial charge in [0.2, 0.25) is 0 Å². The molecule has 1 aromatic carbocycles. The van der Waals surface area contributed by atoms with Gasteiger partial charge in [-0.05, 0) is 29.8 Å². The predicted molar refractivity (Wildman–Crippen MR) is 69.5 cm³/mol. The molecule has 18 heavy (non-hydrogen) atoms. The molecule has 5 heteroatoms. The summed E-state index contributed by atoms with van der Waals surface area (Å²) in [6, 6.07) is 11.7. The average molecular weight is 238 g/mol. The highest BCUT2D eigenvalue weighted by Gasteiger charge is 2.02. The zero-order valence-corrected chi connectivity index (χ0v) is 9.45. The summed E-state index contributed by atoms with van der Waals surface area (Å²) in [5, 5.41) is 4.05. The lowest BCUT2D eigenvalue weighted by atomic mass is 10.3. The molecular formula is C13H10N4O. The quantitative estimate of drug-likeness (QED) is 0.562. The molecule has 2 aromatic heterocycles. The third-order valence-electron chi connectivity index (χ3n) is 2.37. The van der Waals surface area contributed by atoms with Crippen LogP contribution in [0.4, 0.5) is 6.01 Å². The SMILES string of the molecule is C(=NNc1nc2ccccc2o1)c1ccncc1. The van der Waals surface area contributed by atoms with Gasteiger partial charge in [-0.25, -0.2) is 5.43 Å². The number of para-hydroxylation sites is 2. The number of oxazole rings is 1. The van der Waals surface area contributed by atoms with Crippen LogP contribution in [0.3, 0.4) is 0 Å². The number of hydrazone groups is 1. The number of nitrogens with one attached hydrogen (secondary N) is 1. The Labute approximate surface area is 103 Å². The van der Waals surface area contributed by atoms with Gasteiger partial charge in [0.05, 0.1) is 6.21 Å². The Bertz CT molecular complexity index is 643. The van der Waals surface area contributed by atoms with Gasteiger partial charge in [-0.15, -0.1) is 0 Å². The molecule has 2 heterocycles. The van der Waals surface area contributed by atoms with Crippen LogP contribution in [-0.4, -0.2) is 16.2 Å². The largest absolute Gasteiger partial charge is 0.422 e. The summed E-state index contributed by atoms with van der Waals surface area (Å²) in [4.78, 5) is 8.17. The van der Waals surface area contributed by atoms with E-state index in [1.807, 2.05) is 36.4 Å². The van der Waals surface area contributed by atoms with Crippen molar-refractivity contribution < 1.29 is 4.42 Å². The van der Waals surface area contributed by atoms with Crippen LogP contribution in [0.1, 0.15) is 5.56 Å². The highest BCUT2D eigenvalue weighted by molar-refractivity contribution is 5.80. The first-order chi connectivity index (χ1) is 8.92. The molecule has 0 spiro atoms. The Morgan fingerprint density at radius 3 is 2.78 bits per heavy atom. The lowest BCUT2D eigenvalue weighted by molar-refractivity contribution is 0.617. The number of hydrogen-bond donors (Lipinski definition) is 1. The Morgan fingerprint density at radius 1 is 1.11 bits per heavy atom. The van der Waals surface area contributed by atoms with Crippen molar-refractivity contribution in [3.63, 3.8) is 0 Å². The molecule has 3 rings (SSSR count). The molecule has 0 aliphatic heterocycles. The lowest BCUT2D eigenvalue weighted by Gasteiger charge is -1.92. The van der Waals surface area contributed by atoms with Gasteiger partial charge in [0.25, 0.3) is 0 Å². The van der Waals surface area contributed by atoms with Crippen molar-refractivity contribution in [2.24, 2.45) is 5.10 Å². The van der Waals surface area contributed by atoms with Crippen LogP contribution >= 0.6 is 0 Å². The van der Waals surface area contributed by atoms with Crippen LogP contribution in [0.5, 0.6) is 0 Å². The van der Waals surface area contributed by atoms with E-state index in [1.54, 1.807) is 18.6 Å². The van der Waals surface area contributed by atoms with Gasteiger partial charge in [-0.2, -0.15) is 10.1 Å². The summed E-state index contributed by atoms with van der Waals surface area (Å²) >= 11 is 0. The van der Waals surface area contributed by atoms with Gasteiger partial charge in [-0.3, -0.25) is 4.98 Å². The van der Waals surface area contributed by atoms with Crippen LogP contribution in [-0.2, 0) is 0 Å². The second-order valence-corrected chi connectivity index (χ2v) is 3.64. The van der Waals surface area contributed by atoms with Crippen molar-refractivity contribution >= 4 is 23.3 Å². The summed E-state index contributed by atoms with van der Waals surface area (Å²) in [5.74, 6) is 0. The van der Waals surface area contributed by atoms with E-state index in [4.69, 9.17) is 4.42 Å². The molecule has 0 saturated carbocycles. The molecule has 0 amide bonds. The Hall–Kier alpha value is -2.69. The first-order valence-corrected chi connectivity index (χ1v) is 5.46. The van der Waals surface area contributed by atoms with Crippen molar-refractivity contribution in [1.82, 2.24) is 9.97 Å². The lowest BCUT2D eigenvalue weighted by Crippen LogP contribution is -1.90. The van der Waals surface area contributed by atoms with Gasteiger partial charge >= 0.3 is 6.01 Å². The Morgan fingerprint density at radius 2 is 1.94 bits per heavy atom. The number of anilines is 1. The number of fused-ring (bicyclic) bond motifs is 1. The maximum absolute atomic E-state index is 5.46. The first kappa shape index (κ1) is 10.5. The molecule has 0 unspecified atom stereocenters. The molecule has 1 N–H and O–H groups in total. The summed E-state index contributed by atoms with van der Waals surface area (Å²) in [6.45, 7) is 0. The highest BCUT2D eigenvalue weighted by atomic mass is 16.4. The van der Waals surface area contributed by atoms with E-state index in [2.05, 4.69) is 20.5 Å². The van der Waals surface area contributed by atoms with E-state index in [0.717, 1.165) is 16.7 Å². The minimum absolute atomic E-state index is 0.376. The fourth-order valence-corrected chi connectivity index (χ4v) is 1.53. The molecule has 0 aliphatic rings. The van der Waals surface area contributed by atoms with Gasteiger partial charge in [-0.1, -0.05) is 12.1 Å². The third kappa shape index (κ3) is 2.20. The maximum Gasteiger partial charge on any atom is 0.316 e. The second kappa shape index (κ2) is 4.67. The van der Waals surface area contributed by atoms with E-state index in [-0.39, 0.29) is 0 Å². The smallest absolute Gasteiger partial charge is 0.316 e. The molecule has 5 nitrogen and oxygen atoms in total. The van der Waals surface area contributed by atoms with E-state index < -0.39 is 0 Å². The van der Waals surface area contributed by atoms with Crippen molar-refractivity contribution in [3.05, 3.63) is 54.4 Å². The fourth-order valence-electron chi connectivity index (χ4n) is 1.53. The number of aromatic nitrogens is 2. The topological polar surface area (TPSA) is 63.3 Å². The number of benzene rings is 1. The molecular weight excluding hydrogens is 228 g/mol. The number of pyridine rings is 1. The molecule has 0 fully saturated rings. The Balaban J connectivity index is 1.75. The summed E-state index contributed by atoms with van der Waals surface area (Å²) in [7, 11) is 0. The minimum atomic E-state index is 0.376. The first-order valence-electron chi connectivity index (χ1n) is 5.46. The van der Waals surface area contributed by atoms with Gasteiger partial charge < -0.3 is 4.42 Å². The van der Waals surface area contributed by atoms with Crippen molar-refractivity contribution in [2.75, 3.05) is 5.43 Å². The second-order valence-electron chi connectivity index (χ2n) is 3.64. The van der Waals surface area contributed by atoms with Crippen molar-refractivity contribution in [1.29, 1.82) is 0 Å². The normalized spacial score (nSPS) is 11.1. The third-order valence-corrected chi connectivity index (χ3v) is 2.37. The average Bonchev–Trinajstić information content (AvgIpc) is 2.82. The van der Waals surface area contributed by atoms with Gasteiger partial charge in [0, 0.05) is 12.4 Å². The van der Waals surface area contributed by atoms with E-state index in [1.165, 1.54) is 0 Å². The van der Waals surface area contributed by atoms with Gasteiger partial charge in [0.15, 0.2) is 5.58 Å². The molecule has 0 aliphatic carbocycles. The number of nitrogens with zero attached hydrogens (tertiary/aromatic N) is 3. The minimum Gasteiger partial charge on any atom is -0.422 e. The van der Waals surface area contributed by atoms with Crippen LogP contribution < -0.4 is 5.43 Å². The van der Waals surface area contributed by atoms with Gasteiger partial charge in [0.1, 0.15) is 5.52 Å². The van der Waals surface area contributed by atoms with Crippen LogP contribution in [0.15, 0.2) is 58.3 Å². The highest BCUT2D eigenvalue weighted by Crippen LogP contribution is 2.17. The zero-order chi connectivity index (χ0) is 12.2. The standard InChI is InChI=1S/C13H10N4O/c1-2-4-12-11(3-1)16-13(18-12)17-15-9-10-5-7-14-8-6-10/h1-9H,(H,16,17). The van der Waals surface area contributed by atoms with E-state index >= 15 is 0 Å². The molecule has 0 radical (unpaired) electrons. The monoisotopic (exact) mass is 238 g/mol. The van der Waals surface area contributed by atoms with Crippen molar-refractivity contribution in [2.45, 2.75) is 0 Å². The van der Waals surface area contributed by atoms with Crippen LogP contribution in [0.2, 0.25) is 0 Å². The fraction of sp³-hybridized carbons (Fsp3) is 0. The van der Waals surface area contributed by atoms with E-state index in [0.29, 0.717) is 6.01 Å². The maximum atomic E-state index is 5.46. The summed E-state index contributed by atoms with van der Waals surface area (Å²) < 4.78 is 5.46. The van der Waals surface area contributed by atoms with E-state index in [9.17, 15) is 0 Å². The molecule has 0 bridgehead atoms. The number of hydrogen-bond acceptors (Lipinski definition) is 5. The van der Waals surface area contributed by atoms with Crippen LogP contribution in [0, 0.1) is 0 Å².